The first-order chi connectivity index (χ1) is 36.3. The molecular weight excluding hydrogens is 1010 g/mol. The van der Waals surface area contributed by atoms with Crippen LogP contribution >= 0.6 is 0 Å². The summed E-state index contributed by atoms with van der Waals surface area (Å²) in [6.07, 6.45) is -8.54. The van der Waals surface area contributed by atoms with Crippen molar-refractivity contribution in [3.05, 3.63) is 65.7 Å². The third-order valence-electron chi connectivity index (χ3n) is 13.6. The second kappa shape index (κ2) is 28.8. The molecule has 25 heteroatoms. The lowest BCUT2D eigenvalue weighted by molar-refractivity contribution is -0.170. The molecule has 2 aliphatic rings. The van der Waals surface area contributed by atoms with E-state index in [0.717, 1.165) is 9.80 Å². The van der Waals surface area contributed by atoms with E-state index in [0.29, 0.717) is 11.1 Å². The van der Waals surface area contributed by atoms with Crippen LogP contribution in [0.3, 0.4) is 0 Å². The molecule has 0 aliphatic carbocycles. The summed E-state index contributed by atoms with van der Waals surface area (Å²) in [7, 11) is 1.26. The summed E-state index contributed by atoms with van der Waals surface area (Å²) in [5.41, 5.74) is 6.41. The Labute approximate surface area is 446 Å². The average molecular weight is 1080 g/mol. The topological polar surface area (TPSA) is 386 Å². The molecule has 0 radical (unpaired) electrons. The number of fused-ring (bicyclic) bond motifs is 2. The number of phenols is 1. The van der Waals surface area contributed by atoms with Crippen molar-refractivity contribution in [1.82, 2.24) is 41.7 Å². The maximum absolute atomic E-state index is 14.7. The Morgan fingerprint density at radius 3 is 2.03 bits per heavy atom. The summed E-state index contributed by atoms with van der Waals surface area (Å²) in [4.78, 5) is 143. The molecule has 2 aromatic carbocycles. The summed E-state index contributed by atoms with van der Waals surface area (Å²) in [5, 5.41) is 66.9. The Hall–Kier alpha value is -7.22. The molecule has 0 spiro atoms. The highest BCUT2D eigenvalue weighted by Gasteiger charge is 2.47. The predicted molar refractivity (Wildman–Crippen MR) is 274 cm³/mol. The number of hydrogen-bond donors (Lipinski definition) is 12. The van der Waals surface area contributed by atoms with E-state index in [1.54, 1.807) is 58.0 Å². The summed E-state index contributed by atoms with van der Waals surface area (Å²) in [6.45, 7) is 8.21. The van der Waals surface area contributed by atoms with Gasteiger partial charge in [0.25, 0.3) is 5.91 Å². The normalized spacial score (nSPS) is 25.0. The van der Waals surface area contributed by atoms with E-state index in [2.05, 4.69) is 31.9 Å². The monoisotopic (exact) mass is 1080 g/mol. The van der Waals surface area contributed by atoms with Crippen LogP contribution in [0.1, 0.15) is 91.2 Å². The number of rotatable bonds is 19. The number of amides is 9. The maximum Gasteiger partial charge on any atom is 0.329 e. The van der Waals surface area contributed by atoms with Crippen LogP contribution in [0.4, 0.5) is 0 Å². The van der Waals surface area contributed by atoms with E-state index in [9.17, 15) is 73.5 Å². The molecule has 424 valence electrons. The van der Waals surface area contributed by atoms with Gasteiger partial charge < -0.3 is 77.7 Å². The Bertz CT molecular complexity index is 2410. The molecule has 13 N–H and O–H groups in total. The highest BCUT2D eigenvalue weighted by Crippen LogP contribution is 2.25. The summed E-state index contributed by atoms with van der Waals surface area (Å²) in [6, 6.07) is 1.09. The minimum absolute atomic E-state index is 0.0828. The van der Waals surface area contributed by atoms with E-state index in [4.69, 9.17) is 10.5 Å². The Kier molecular flexibility index (Phi) is 23.3. The fourth-order valence-corrected chi connectivity index (χ4v) is 8.91. The molecule has 13 unspecified atom stereocenters. The molecule has 0 aromatic heterocycles. The first-order valence-electron chi connectivity index (χ1n) is 25.6. The van der Waals surface area contributed by atoms with Gasteiger partial charge in [-0.3, -0.25) is 43.2 Å². The predicted octanol–water partition coefficient (Wildman–Crippen LogP) is -2.74. The number of nitrogens with one attached hydrogen (secondary N) is 6. The summed E-state index contributed by atoms with van der Waals surface area (Å²) in [5.74, 6) is -11.4. The van der Waals surface area contributed by atoms with Gasteiger partial charge in [0.2, 0.25) is 47.3 Å². The first kappa shape index (κ1) is 62.3. The standard InChI is InChI=1S/C52H75N9O16/c1-8-27(4)41-52(76)77-29(6)42(59-44(68)33(18-20-39(53)66)54-46(70)36(56-48(72)38(65)25-62)23-31-14-16-32(64)17-15-31)49(73)57-35(22-26(2)3)45(69)55-34-19-21-40(67)61(50(34)74)43(28(5)63)51(75)60(7)37(47(71)58-41)24-30-12-10-9-11-13-30/h9-17,26-29,33-38,40-43,62-65,67H,8,18-25H2,1-7H3,(H2,53,66)(H,54,70)(H,55,69)(H,56,72)(H,57,73)(H,58,71)(H,59,68). The fraction of sp³-hybridized carbons (Fsp3) is 0.577. The van der Waals surface area contributed by atoms with Gasteiger partial charge in [0, 0.05) is 26.3 Å². The van der Waals surface area contributed by atoms with Gasteiger partial charge in [0.1, 0.15) is 66.4 Å². The number of phenolic OH excluding ortho intramolecular Hbond substituents is 1. The molecule has 2 aliphatic heterocycles. The van der Waals surface area contributed by atoms with E-state index >= 15 is 0 Å². The number of likely N-dealkylation sites (N-methyl/N-ethyl adjacent to an activating group) is 1. The Morgan fingerprint density at radius 1 is 0.805 bits per heavy atom. The number of esters is 1. The van der Waals surface area contributed by atoms with Gasteiger partial charge in [0.15, 0.2) is 6.10 Å². The zero-order chi connectivity index (χ0) is 57.4. The molecule has 13 atom stereocenters. The highest BCUT2D eigenvalue weighted by molar-refractivity contribution is 5.99. The molecule has 2 bridgehead atoms. The van der Waals surface area contributed by atoms with Crippen LogP contribution in [0, 0.1) is 11.8 Å². The highest BCUT2D eigenvalue weighted by atomic mass is 16.5. The summed E-state index contributed by atoms with van der Waals surface area (Å²) >= 11 is 0. The number of aromatic hydroxyl groups is 1. The van der Waals surface area contributed by atoms with Crippen molar-refractivity contribution in [3.63, 3.8) is 0 Å². The van der Waals surface area contributed by atoms with Gasteiger partial charge in [0.05, 0.1) is 12.7 Å². The van der Waals surface area contributed by atoms with Crippen molar-refractivity contribution < 1.29 is 78.2 Å². The van der Waals surface area contributed by atoms with Gasteiger partial charge in [-0.2, -0.15) is 0 Å². The molecule has 2 heterocycles. The third-order valence-corrected chi connectivity index (χ3v) is 13.6. The molecule has 25 nitrogen and oxygen atoms in total. The van der Waals surface area contributed by atoms with Gasteiger partial charge in [-0.25, -0.2) is 4.79 Å². The number of aliphatic hydroxyl groups is 4. The largest absolute Gasteiger partial charge is 0.508 e. The average Bonchev–Trinajstić information content (AvgIpc) is 3.38. The SMILES string of the molecule is CCC(C)C1NC(=O)C(Cc2ccccc2)N(C)C(=O)C(C(C)O)N2C(=O)C(CCC2O)NC(=O)C(CC(C)C)NC(=O)C(NC(=O)C(CCC(N)=O)NC(=O)C(Cc2ccc(O)cc2)NC(=O)C(O)CO)C(C)OC1=O. The lowest BCUT2D eigenvalue weighted by Crippen LogP contribution is -2.67. The number of nitrogens with zero attached hydrogens (tertiary/aromatic N) is 2. The van der Waals surface area contributed by atoms with Crippen molar-refractivity contribution in [1.29, 1.82) is 0 Å². The second-order valence-electron chi connectivity index (χ2n) is 20.1. The minimum Gasteiger partial charge on any atom is -0.508 e. The minimum atomic E-state index is -1.96. The zero-order valence-corrected chi connectivity index (χ0v) is 44.3. The number of carbonyl (C=O) groups is 10. The van der Waals surface area contributed by atoms with Crippen molar-refractivity contribution in [2.75, 3.05) is 13.7 Å². The quantitative estimate of drug-likeness (QED) is 0.0635. The van der Waals surface area contributed by atoms with Gasteiger partial charge >= 0.3 is 5.97 Å². The van der Waals surface area contributed by atoms with E-state index in [1.807, 2.05) is 0 Å². The van der Waals surface area contributed by atoms with Gasteiger partial charge in [-0.1, -0.05) is 76.6 Å². The number of ether oxygens (including phenoxy) is 1. The number of benzene rings is 2. The molecule has 77 heavy (non-hydrogen) atoms. The van der Waals surface area contributed by atoms with Crippen LogP contribution in [0.5, 0.6) is 5.75 Å². The van der Waals surface area contributed by atoms with Crippen LogP contribution in [0.15, 0.2) is 54.6 Å². The molecular formula is C52H75N9O16. The van der Waals surface area contributed by atoms with Crippen molar-refractivity contribution in [3.8, 4) is 5.75 Å². The number of primary amides is 1. The number of carbonyl (C=O) groups excluding carboxylic acids is 10. The number of hydrogen-bond acceptors (Lipinski definition) is 16. The van der Waals surface area contributed by atoms with Crippen LogP contribution in [0.2, 0.25) is 0 Å². The van der Waals surface area contributed by atoms with Crippen molar-refractivity contribution in [2.24, 2.45) is 17.6 Å². The smallest absolute Gasteiger partial charge is 0.329 e. The molecule has 0 saturated carbocycles. The molecule has 2 aromatic rings. The van der Waals surface area contributed by atoms with Crippen molar-refractivity contribution >= 4 is 59.1 Å². The van der Waals surface area contributed by atoms with E-state index in [1.165, 1.54) is 45.2 Å². The molecule has 9 amide bonds. The number of nitrogens with two attached hydrogens (primary N) is 1. The second-order valence-corrected chi connectivity index (χ2v) is 20.1. The van der Waals surface area contributed by atoms with Crippen LogP contribution < -0.4 is 37.6 Å². The number of piperidine rings is 1. The van der Waals surface area contributed by atoms with E-state index < -0.39 is 157 Å². The van der Waals surface area contributed by atoms with Gasteiger partial charge in [-0.15, -0.1) is 0 Å². The van der Waals surface area contributed by atoms with Crippen LogP contribution in [-0.4, -0.2) is 181 Å². The number of cyclic esters (lactones) is 1. The van der Waals surface area contributed by atoms with Crippen LogP contribution in [-0.2, 0) is 65.5 Å². The number of aliphatic hydroxyl groups excluding tert-OH is 4. The first-order valence-corrected chi connectivity index (χ1v) is 25.6. The third kappa shape index (κ3) is 17.4. The molecule has 4 rings (SSSR count). The Balaban J connectivity index is 1.85. The summed E-state index contributed by atoms with van der Waals surface area (Å²) < 4.78 is 5.91. The van der Waals surface area contributed by atoms with Crippen molar-refractivity contribution in [2.45, 2.75) is 166 Å². The molecule has 2 fully saturated rings. The Morgan fingerprint density at radius 2 is 1.44 bits per heavy atom. The van der Waals surface area contributed by atoms with Gasteiger partial charge in [-0.05, 0) is 74.6 Å². The fourth-order valence-electron chi connectivity index (χ4n) is 8.91. The zero-order valence-electron chi connectivity index (χ0n) is 44.3. The van der Waals surface area contributed by atoms with Crippen LogP contribution in [0.25, 0.3) is 0 Å². The van der Waals surface area contributed by atoms with E-state index in [-0.39, 0.29) is 50.2 Å². The lowest BCUT2D eigenvalue weighted by atomic mass is 9.95. The molecule has 2 saturated heterocycles. The maximum atomic E-state index is 14.7. The lowest BCUT2D eigenvalue weighted by Gasteiger charge is -2.43.